The number of aromatic nitrogens is 1. The lowest BCUT2D eigenvalue weighted by atomic mass is 10.3. The van der Waals surface area contributed by atoms with Gasteiger partial charge in [-0.25, -0.2) is 4.98 Å². The van der Waals surface area contributed by atoms with Crippen molar-refractivity contribution in [2.24, 2.45) is 0 Å². The molecule has 4 heteroatoms. The number of anilines is 1. The molecule has 0 aromatic carbocycles. The van der Waals surface area contributed by atoms with Gasteiger partial charge < -0.3 is 10.2 Å². The highest BCUT2D eigenvalue weighted by Crippen LogP contribution is 2.14. The van der Waals surface area contributed by atoms with E-state index in [1.54, 1.807) is 12.1 Å². The Kier molecular flexibility index (Phi) is 2.31. The zero-order valence-corrected chi connectivity index (χ0v) is 7.36. The van der Waals surface area contributed by atoms with Crippen molar-refractivity contribution in [3.63, 3.8) is 0 Å². The second kappa shape index (κ2) is 3.62. The molecule has 0 unspecified atom stereocenters. The maximum absolute atomic E-state index is 10.8. The van der Waals surface area contributed by atoms with Crippen LogP contribution in [0.4, 0.5) is 5.82 Å². The van der Waals surface area contributed by atoms with E-state index < -0.39 is 0 Å². The van der Waals surface area contributed by atoms with Crippen LogP contribution in [0.15, 0.2) is 18.3 Å². The fraction of sp³-hybridized carbons (Fsp3) is 0.444. The van der Waals surface area contributed by atoms with Gasteiger partial charge in [0.15, 0.2) is 5.75 Å². The first-order chi connectivity index (χ1) is 6.36. The van der Waals surface area contributed by atoms with E-state index in [0.717, 1.165) is 32.0 Å². The fourth-order valence-electron chi connectivity index (χ4n) is 1.45. The van der Waals surface area contributed by atoms with Crippen molar-refractivity contribution >= 4 is 5.82 Å². The van der Waals surface area contributed by atoms with Crippen molar-refractivity contribution in [1.82, 2.24) is 10.3 Å². The largest absolute Gasteiger partial charge is 0.354 e. The molecule has 1 fully saturated rings. The van der Waals surface area contributed by atoms with E-state index in [1.165, 1.54) is 6.20 Å². The Morgan fingerprint density at radius 1 is 1.31 bits per heavy atom. The molecule has 0 atom stereocenters. The predicted molar refractivity (Wildman–Crippen MR) is 49.5 cm³/mol. The summed E-state index contributed by atoms with van der Waals surface area (Å²) >= 11 is 0. The third-order valence-corrected chi connectivity index (χ3v) is 2.16. The molecular formula is C9H12N3O. The molecule has 1 aromatic rings. The number of nitrogens with zero attached hydrogens (tertiary/aromatic N) is 2. The van der Waals surface area contributed by atoms with Crippen LogP contribution in [-0.2, 0) is 5.11 Å². The second-order valence-corrected chi connectivity index (χ2v) is 3.09. The van der Waals surface area contributed by atoms with Crippen molar-refractivity contribution in [1.29, 1.82) is 0 Å². The fourth-order valence-corrected chi connectivity index (χ4v) is 1.45. The number of pyridine rings is 1. The van der Waals surface area contributed by atoms with E-state index in [1.807, 2.05) is 0 Å². The Balaban J connectivity index is 2.10. The maximum Gasteiger partial charge on any atom is 0.197 e. The smallest absolute Gasteiger partial charge is 0.197 e. The molecule has 0 spiro atoms. The summed E-state index contributed by atoms with van der Waals surface area (Å²) in [7, 11) is 0. The number of hydrogen-bond donors (Lipinski definition) is 1. The van der Waals surface area contributed by atoms with Crippen LogP contribution < -0.4 is 10.2 Å². The van der Waals surface area contributed by atoms with Crippen LogP contribution in [0, 0.1) is 0 Å². The number of piperazine rings is 1. The Morgan fingerprint density at radius 2 is 2.08 bits per heavy atom. The number of rotatable bonds is 1. The molecule has 0 amide bonds. The number of hydrogen-bond acceptors (Lipinski definition) is 3. The Labute approximate surface area is 77.2 Å². The summed E-state index contributed by atoms with van der Waals surface area (Å²) in [4.78, 5) is 6.26. The zero-order valence-electron chi connectivity index (χ0n) is 7.36. The summed E-state index contributed by atoms with van der Waals surface area (Å²) in [6.45, 7) is 3.90. The second-order valence-electron chi connectivity index (χ2n) is 3.09. The minimum atomic E-state index is -0.0288. The van der Waals surface area contributed by atoms with Crippen LogP contribution in [-0.4, -0.2) is 31.2 Å². The lowest BCUT2D eigenvalue weighted by molar-refractivity contribution is 0.353. The standard InChI is InChI=1S/C9H12N3O/c13-8-1-2-9(11-7-8)12-5-3-10-4-6-12/h1-2,7,10H,3-6H2. The van der Waals surface area contributed by atoms with Crippen molar-refractivity contribution in [3.8, 4) is 5.75 Å². The van der Waals surface area contributed by atoms with E-state index in [4.69, 9.17) is 0 Å². The average molecular weight is 178 g/mol. The summed E-state index contributed by atoms with van der Waals surface area (Å²) < 4.78 is 0. The third-order valence-electron chi connectivity index (χ3n) is 2.16. The van der Waals surface area contributed by atoms with Gasteiger partial charge >= 0.3 is 0 Å². The van der Waals surface area contributed by atoms with Crippen LogP contribution >= 0.6 is 0 Å². The van der Waals surface area contributed by atoms with Crippen LogP contribution in [0.1, 0.15) is 0 Å². The summed E-state index contributed by atoms with van der Waals surface area (Å²) in [5.74, 6) is 0.875. The van der Waals surface area contributed by atoms with Crippen LogP contribution in [0.3, 0.4) is 0 Å². The summed E-state index contributed by atoms with van der Waals surface area (Å²) in [6, 6.07) is 3.35. The van der Waals surface area contributed by atoms with Gasteiger partial charge in [0.1, 0.15) is 5.82 Å². The molecule has 1 aliphatic heterocycles. The van der Waals surface area contributed by atoms with E-state index in [2.05, 4.69) is 15.2 Å². The summed E-state index contributed by atoms with van der Waals surface area (Å²) in [6.07, 6.45) is 1.37. The summed E-state index contributed by atoms with van der Waals surface area (Å²) in [5.41, 5.74) is 0. The van der Waals surface area contributed by atoms with Gasteiger partial charge in [-0.3, -0.25) is 5.11 Å². The minimum absolute atomic E-state index is 0.0288. The predicted octanol–water partition coefficient (Wildman–Crippen LogP) is 0.635. The highest BCUT2D eigenvalue weighted by Gasteiger charge is 2.10. The topological polar surface area (TPSA) is 48.1 Å². The van der Waals surface area contributed by atoms with Crippen molar-refractivity contribution < 1.29 is 5.11 Å². The molecule has 1 radical (unpaired) electrons. The van der Waals surface area contributed by atoms with Gasteiger partial charge in [0.2, 0.25) is 0 Å². The first kappa shape index (κ1) is 8.31. The van der Waals surface area contributed by atoms with Gasteiger partial charge in [-0.05, 0) is 12.1 Å². The van der Waals surface area contributed by atoms with Gasteiger partial charge in [0.05, 0.1) is 6.20 Å². The van der Waals surface area contributed by atoms with Gasteiger partial charge in [0, 0.05) is 26.2 Å². The molecule has 0 bridgehead atoms. The molecule has 2 rings (SSSR count). The lowest BCUT2D eigenvalue weighted by Crippen LogP contribution is -2.43. The molecule has 69 valence electrons. The highest BCUT2D eigenvalue weighted by molar-refractivity contribution is 5.40. The average Bonchev–Trinajstić information content (AvgIpc) is 2.20. The lowest BCUT2D eigenvalue weighted by Gasteiger charge is -2.28. The van der Waals surface area contributed by atoms with E-state index in [0.29, 0.717) is 0 Å². The monoisotopic (exact) mass is 178 g/mol. The van der Waals surface area contributed by atoms with Gasteiger partial charge in [0.25, 0.3) is 0 Å². The van der Waals surface area contributed by atoms with E-state index >= 15 is 0 Å². The Bertz CT molecular complexity index is 267. The quantitative estimate of drug-likeness (QED) is 0.686. The van der Waals surface area contributed by atoms with Crippen LogP contribution in [0.25, 0.3) is 0 Å². The minimum Gasteiger partial charge on any atom is -0.354 e. The molecule has 2 heterocycles. The molecule has 1 aromatic heterocycles. The van der Waals surface area contributed by atoms with Gasteiger partial charge in [-0.15, -0.1) is 0 Å². The molecule has 13 heavy (non-hydrogen) atoms. The Morgan fingerprint density at radius 3 is 2.69 bits per heavy atom. The number of nitrogens with one attached hydrogen (secondary N) is 1. The normalized spacial score (nSPS) is 17.4. The van der Waals surface area contributed by atoms with Crippen LogP contribution in [0.2, 0.25) is 0 Å². The third kappa shape index (κ3) is 1.89. The molecule has 4 nitrogen and oxygen atoms in total. The van der Waals surface area contributed by atoms with E-state index in [-0.39, 0.29) is 5.75 Å². The molecule has 1 aliphatic rings. The zero-order chi connectivity index (χ0) is 9.10. The van der Waals surface area contributed by atoms with Gasteiger partial charge in [-0.1, -0.05) is 0 Å². The van der Waals surface area contributed by atoms with Crippen molar-refractivity contribution in [2.45, 2.75) is 0 Å². The Hall–Kier alpha value is -1.29. The molecule has 1 N–H and O–H groups in total. The van der Waals surface area contributed by atoms with Crippen molar-refractivity contribution in [3.05, 3.63) is 18.3 Å². The molecule has 1 saturated heterocycles. The van der Waals surface area contributed by atoms with Gasteiger partial charge in [-0.2, -0.15) is 0 Å². The van der Waals surface area contributed by atoms with Crippen molar-refractivity contribution in [2.75, 3.05) is 31.1 Å². The molecule has 0 saturated carbocycles. The summed E-state index contributed by atoms with van der Waals surface area (Å²) in [5, 5.41) is 14.1. The SMILES string of the molecule is [O]c1ccc(N2CCNCC2)nc1. The highest BCUT2D eigenvalue weighted by atomic mass is 16.3. The molecule has 0 aliphatic carbocycles. The molecular weight excluding hydrogens is 166 g/mol. The van der Waals surface area contributed by atoms with E-state index in [9.17, 15) is 5.11 Å². The van der Waals surface area contributed by atoms with Crippen LogP contribution in [0.5, 0.6) is 5.75 Å². The first-order valence-electron chi connectivity index (χ1n) is 4.45. The first-order valence-corrected chi connectivity index (χ1v) is 4.45. The maximum atomic E-state index is 10.8.